The minimum atomic E-state index is -0.333. The van der Waals surface area contributed by atoms with Crippen LogP contribution in [0.1, 0.15) is 0 Å². The van der Waals surface area contributed by atoms with Gasteiger partial charge < -0.3 is 11.1 Å². The third-order valence-electron chi connectivity index (χ3n) is 1.53. The number of nitrogen functional groups attached to an aromatic ring is 1. The van der Waals surface area contributed by atoms with Gasteiger partial charge in [0.05, 0.1) is 15.8 Å². The van der Waals surface area contributed by atoms with Gasteiger partial charge in [-0.05, 0) is 22.0 Å². The summed E-state index contributed by atoms with van der Waals surface area (Å²) in [5.74, 6) is -0.333. The second kappa shape index (κ2) is 4.28. The van der Waals surface area contributed by atoms with Gasteiger partial charge in [-0.3, -0.25) is 0 Å². The molecule has 0 aliphatic heterocycles. The molecule has 0 aliphatic carbocycles. The lowest BCUT2D eigenvalue weighted by Gasteiger charge is -2.07. The lowest BCUT2D eigenvalue weighted by Crippen LogP contribution is -2.02. The van der Waals surface area contributed by atoms with Gasteiger partial charge in [0, 0.05) is 12.6 Å². The average molecular weight is 245 g/mol. The van der Waals surface area contributed by atoms with E-state index < -0.39 is 0 Å². The Balaban J connectivity index is 2.94. The molecule has 0 heterocycles. The lowest BCUT2D eigenvalue weighted by atomic mass is 10.2. The smallest absolute Gasteiger partial charge is 0.139 e. The van der Waals surface area contributed by atoms with Crippen molar-refractivity contribution < 1.29 is 4.39 Å². The van der Waals surface area contributed by atoms with Crippen molar-refractivity contribution in [1.29, 1.82) is 0 Å². The zero-order valence-electron chi connectivity index (χ0n) is 6.98. The van der Waals surface area contributed by atoms with Gasteiger partial charge in [-0.2, -0.15) is 0 Å². The molecule has 0 amide bonds. The van der Waals surface area contributed by atoms with Crippen molar-refractivity contribution in [3.05, 3.63) is 35.1 Å². The van der Waals surface area contributed by atoms with E-state index in [4.69, 9.17) is 5.73 Å². The van der Waals surface area contributed by atoms with Crippen LogP contribution in [0.15, 0.2) is 29.3 Å². The van der Waals surface area contributed by atoms with Crippen molar-refractivity contribution in [3.63, 3.8) is 0 Å². The van der Waals surface area contributed by atoms with Crippen molar-refractivity contribution in [2.45, 2.75) is 0 Å². The SMILES string of the molecule is C=CCNc1cc(F)c(Br)cc1N. The molecule has 1 aromatic carbocycles. The van der Waals surface area contributed by atoms with Crippen LogP contribution in [-0.4, -0.2) is 6.54 Å². The number of anilines is 2. The Morgan fingerprint density at radius 1 is 1.62 bits per heavy atom. The van der Waals surface area contributed by atoms with Crippen molar-refractivity contribution >= 4 is 27.3 Å². The molecule has 0 atom stereocenters. The van der Waals surface area contributed by atoms with Crippen LogP contribution in [0.3, 0.4) is 0 Å². The summed E-state index contributed by atoms with van der Waals surface area (Å²) in [7, 11) is 0. The zero-order chi connectivity index (χ0) is 9.84. The summed E-state index contributed by atoms with van der Waals surface area (Å²) < 4.78 is 13.4. The molecule has 0 unspecified atom stereocenters. The first-order chi connectivity index (χ1) is 6.15. The molecule has 0 bridgehead atoms. The van der Waals surface area contributed by atoms with Crippen molar-refractivity contribution in [1.82, 2.24) is 0 Å². The average Bonchev–Trinajstić information content (AvgIpc) is 2.09. The second-order valence-corrected chi connectivity index (χ2v) is 3.38. The minimum Gasteiger partial charge on any atom is -0.397 e. The van der Waals surface area contributed by atoms with Crippen LogP contribution in [0, 0.1) is 5.82 Å². The molecule has 13 heavy (non-hydrogen) atoms. The van der Waals surface area contributed by atoms with E-state index in [0.29, 0.717) is 22.4 Å². The normalized spacial score (nSPS) is 9.69. The van der Waals surface area contributed by atoms with E-state index in [1.165, 1.54) is 12.1 Å². The number of hydrogen-bond donors (Lipinski definition) is 2. The van der Waals surface area contributed by atoms with E-state index in [1.807, 2.05) is 0 Å². The second-order valence-electron chi connectivity index (χ2n) is 2.52. The summed E-state index contributed by atoms with van der Waals surface area (Å²) in [6.07, 6.45) is 1.68. The van der Waals surface area contributed by atoms with Crippen LogP contribution in [0.5, 0.6) is 0 Å². The number of rotatable bonds is 3. The highest BCUT2D eigenvalue weighted by molar-refractivity contribution is 9.10. The molecule has 0 saturated heterocycles. The summed E-state index contributed by atoms with van der Waals surface area (Å²) >= 11 is 3.05. The molecule has 0 aromatic heterocycles. The van der Waals surface area contributed by atoms with E-state index in [0.717, 1.165) is 0 Å². The van der Waals surface area contributed by atoms with Crippen LogP contribution in [-0.2, 0) is 0 Å². The molecule has 0 spiro atoms. The fourth-order valence-corrected chi connectivity index (χ4v) is 1.26. The lowest BCUT2D eigenvalue weighted by molar-refractivity contribution is 0.622. The number of nitrogens with one attached hydrogen (secondary N) is 1. The van der Waals surface area contributed by atoms with Gasteiger partial charge in [-0.25, -0.2) is 4.39 Å². The largest absolute Gasteiger partial charge is 0.397 e. The molecule has 0 aliphatic rings. The first-order valence-corrected chi connectivity index (χ1v) is 4.53. The van der Waals surface area contributed by atoms with E-state index in [2.05, 4.69) is 27.8 Å². The Labute approximate surface area is 84.8 Å². The zero-order valence-corrected chi connectivity index (χ0v) is 8.57. The van der Waals surface area contributed by atoms with Gasteiger partial charge in [0.1, 0.15) is 5.82 Å². The molecule has 0 saturated carbocycles. The fourth-order valence-electron chi connectivity index (χ4n) is 0.897. The van der Waals surface area contributed by atoms with Crippen molar-refractivity contribution in [2.75, 3.05) is 17.6 Å². The van der Waals surface area contributed by atoms with Gasteiger partial charge in [0.2, 0.25) is 0 Å². The quantitative estimate of drug-likeness (QED) is 0.634. The van der Waals surface area contributed by atoms with Crippen LogP contribution in [0.25, 0.3) is 0 Å². The molecule has 1 rings (SSSR count). The van der Waals surface area contributed by atoms with E-state index in [1.54, 1.807) is 6.08 Å². The van der Waals surface area contributed by atoms with Crippen LogP contribution >= 0.6 is 15.9 Å². The van der Waals surface area contributed by atoms with Crippen LogP contribution < -0.4 is 11.1 Å². The summed E-state index contributed by atoms with van der Waals surface area (Å²) in [6.45, 7) is 4.10. The third-order valence-corrected chi connectivity index (χ3v) is 2.14. The predicted molar refractivity (Wildman–Crippen MR) is 57.2 cm³/mol. The highest BCUT2D eigenvalue weighted by Crippen LogP contribution is 2.26. The summed E-state index contributed by atoms with van der Waals surface area (Å²) in [6, 6.07) is 2.88. The third kappa shape index (κ3) is 2.45. The molecular formula is C9H10BrFN2. The van der Waals surface area contributed by atoms with Gasteiger partial charge in [-0.1, -0.05) is 6.08 Å². The van der Waals surface area contributed by atoms with Gasteiger partial charge in [0.15, 0.2) is 0 Å². The van der Waals surface area contributed by atoms with Gasteiger partial charge in [-0.15, -0.1) is 6.58 Å². The maximum absolute atomic E-state index is 13.0. The standard InChI is InChI=1S/C9H10BrFN2/c1-2-3-13-9-5-7(11)6(10)4-8(9)12/h2,4-5,13H,1,3,12H2. The highest BCUT2D eigenvalue weighted by Gasteiger charge is 2.04. The summed E-state index contributed by atoms with van der Waals surface area (Å²) in [5.41, 5.74) is 6.73. The Morgan fingerprint density at radius 2 is 2.31 bits per heavy atom. The van der Waals surface area contributed by atoms with E-state index in [-0.39, 0.29) is 5.82 Å². The molecule has 2 nitrogen and oxygen atoms in total. The van der Waals surface area contributed by atoms with Crippen LogP contribution in [0.4, 0.5) is 15.8 Å². The Bertz CT molecular complexity index is 326. The number of halogens is 2. The first kappa shape index (κ1) is 10.1. The first-order valence-electron chi connectivity index (χ1n) is 3.74. The highest BCUT2D eigenvalue weighted by atomic mass is 79.9. The van der Waals surface area contributed by atoms with Crippen LogP contribution in [0.2, 0.25) is 0 Å². The molecule has 3 N–H and O–H groups in total. The Hall–Kier alpha value is -1.03. The molecule has 4 heteroatoms. The number of benzene rings is 1. The fraction of sp³-hybridized carbons (Fsp3) is 0.111. The maximum atomic E-state index is 13.0. The minimum absolute atomic E-state index is 0.333. The number of nitrogens with two attached hydrogens (primary N) is 1. The maximum Gasteiger partial charge on any atom is 0.139 e. The molecule has 0 fully saturated rings. The Kier molecular flexibility index (Phi) is 3.31. The van der Waals surface area contributed by atoms with E-state index >= 15 is 0 Å². The molecule has 1 aromatic rings. The molecule has 0 radical (unpaired) electrons. The summed E-state index contributed by atoms with van der Waals surface area (Å²) in [4.78, 5) is 0. The van der Waals surface area contributed by atoms with Crippen molar-refractivity contribution in [2.24, 2.45) is 0 Å². The van der Waals surface area contributed by atoms with E-state index in [9.17, 15) is 4.39 Å². The molecule has 70 valence electrons. The number of hydrogen-bond acceptors (Lipinski definition) is 2. The predicted octanol–water partition coefficient (Wildman–Crippen LogP) is 2.77. The summed E-state index contributed by atoms with van der Waals surface area (Å²) in [5, 5.41) is 2.93. The Morgan fingerprint density at radius 3 is 2.92 bits per heavy atom. The van der Waals surface area contributed by atoms with Crippen molar-refractivity contribution in [3.8, 4) is 0 Å². The topological polar surface area (TPSA) is 38.0 Å². The van der Waals surface area contributed by atoms with Gasteiger partial charge in [0.25, 0.3) is 0 Å². The monoisotopic (exact) mass is 244 g/mol. The van der Waals surface area contributed by atoms with Gasteiger partial charge >= 0.3 is 0 Å². The molecular weight excluding hydrogens is 235 g/mol.